The van der Waals surface area contributed by atoms with Gasteiger partial charge in [-0.25, -0.2) is 4.79 Å². The molecule has 0 aromatic heterocycles. The standard InChI is InChI=1S/C18H22O5S/c1-11-15-7-12-6-13(8-15)10-18(11,9-12)23-17(19)14-2-4-16(5-3-14)24(20,21)22/h2-5,11-13,15H,6-10H2,1H3,(H,20,21,22). The Hall–Kier alpha value is -1.40. The van der Waals surface area contributed by atoms with Gasteiger partial charge in [0.1, 0.15) is 5.60 Å². The van der Waals surface area contributed by atoms with E-state index in [1.165, 1.54) is 43.5 Å². The van der Waals surface area contributed by atoms with Gasteiger partial charge < -0.3 is 4.74 Å². The molecule has 0 radical (unpaired) electrons. The molecule has 5 nitrogen and oxygen atoms in total. The molecule has 0 amide bonds. The summed E-state index contributed by atoms with van der Waals surface area (Å²) in [6, 6.07) is 5.26. The Kier molecular flexibility index (Phi) is 3.55. The van der Waals surface area contributed by atoms with Gasteiger partial charge in [0.05, 0.1) is 10.5 Å². The van der Waals surface area contributed by atoms with Crippen LogP contribution >= 0.6 is 0 Å². The zero-order chi connectivity index (χ0) is 17.1. The Balaban J connectivity index is 1.56. The van der Waals surface area contributed by atoms with Gasteiger partial charge in [0.15, 0.2) is 0 Å². The van der Waals surface area contributed by atoms with Crippen molar-refractivity contribution in [1.82, 2.24) is 0 Å². The fraction of sp³-hybridized carbons (Fsp3) is 0.611. The lowest BCUT2D eigenvalue weighted by atomic mass is 9.50. The molecule has 1 aromatic rings. The van der Waals surface area contributed by atoms with Crippen molar-refractivity contribution in [3.05, 3.63) is 29.8 Å². The molecule has 6 heteroatoms. The second kappa shape index (κ2) is 5.30. The SMILES string of the molecule is CC1C2CC3CC(C2)CC1(OC(=O)c1ccc(S(=O)(=O)O)cc1)C3. The van der Waals surface area contributed by atoms with E-state index in [0.29, 0.717) is 29.2 Å². The van der Waals surface area contributed by atoms with Gasteiger partial charge in [-0.15, -0.1) is 0 Å². The molecule has 1 aromatic carbocycles. The molecule has 5 rings (SSSR count). The Morgan fingerprint density at radius 3 is 2.25 bits per heavy atom. The lowest BCUT2D eigenvalue weighted by Gasteiger charge is -2.59. The average molecular weight is 350 g/mol. The van der Waals surface area contributed by atoms with Crippen molar-refractivity contribution in [2.45, 2.75) is 49.5 Å². The summed E-state index contributed by atoms with van der Waals surface area (Å²) in [5, 5.41) is 0. The number of carbonyl (C=O) groups is 1. The molecule has 4 fully saturated rings. The maximum atomic E-state index is 12.6. The average Bonchev–Trinajstić information content (AvgIpc) is 2.51. The summed E-state index contributed by atoms with van der Waals surface area (Å²) < 4.78 is 37.2. The van der Waals surface area contributed by atoms with E-state index in [1.54, 1.807) is 0 Å². The molecule has 3 unspecified atom stereocenters. The summed E-state index contributed by atoms with van der Waals surface area (Å²) in [6.07, 6.45) is 5.71. The Labute approximate surface area is 142 Å². The van der Waals surface area contributed by atoms with Crippen LogP contribution in [0.2, 0.25) is 0 Å². The van der Waals surface area contributed by atoms with Gasteiger partial charge in [-0.05, 0) is 80.0 Å². The number of esters is 1. The smallest absolute Gasteiger partial charge is 0.338 e. The van der Waals surface area contributed by atoms with Crippen molar-refractivity contribution in [2.75, 3.05) is 0 Å². The van der Waals surface area contributed by atoms with Crippen molar-refractivity contribution < 1.29 is 22.5 Å². The van der Waals surface area contributed by atoms with Crippen LogP contribution in [-0.2, 0) is 14.9 Å². The molecule has 0 saturated heterocycles. The third-order valence-corrected chi connectivity index (χ3v) is 7.30. The number of carbonyl (C=O) groups excluding carboxylic acids is 1. The number of rotatable bonds is 3. The molecule has 4 aliphatic carbocycles. The van der Waals surface area contributed by atoms with Crippen LogP contribution in [0, 0.1) is 23.7 Å². The van der Waals surface area contributed by atoms with E-state index in [2.05, 4.69) is 6.92 Å². The molecule has 3 atom stereocenters. The van der Waals surface area contributed by atoms with Gasteiger partial charge in [0.2, 0.25) is 0 Å². The molecule has 4 aliphatic rings. The topological polar surface area (TPSA) is 80.7 Å². The second-order valence-electron chi connectivity index (χ2n) is 7.85. The molecular formula is C18H22O5S. The van der Waals surface area contributed by atoms with Crippen LogP contribution in [0.4, 0.5) is 0 Å². The highest BCUT2D eigenvalue weighted by molar-refractivity contribution is 7.85. The lowest BCUT2D eigenvalue weighted by Crippen LogP contribution is -2.58. The number of benzene rings is 1. The number of ether oxygens (including phenoxy) is 1. The molecule has 1 N–H and O–H groups in total. The zero-order valence-corrected chi connectivity index (χ0v) is 14.5. The maximum absolute atomic E-state index is 12.6. The van der Waals surface area contributed by atoms with E-state index in [1.807, 2.05) is 0 Å². The minimum Gasteiger partial charge on any atom is -0.455 e. The van der Waals surface area contributed by atoms with Crippen molar-refractivity contribution in [1.29, 1.82) is 0 Å². The fourth-order valence-corrected chi connectivity index (χ4v) is 5.88. The quantitative estimate of drug-likeness (QED) is 0.668. The third-order valence-electron chi connectivity index (χ3n) is 6.43. The summed E-state index contributed by atoms with van der Waals surface area (Å²) in [7, 11) is -4.25. The molecule has 0 spiro atoms. The first kappa shape index (κ1) is 16.1. The van der Waals surface area contributed by atoms with Crippen LogP contribution in [0.3, 0.4) is 0 Å². The van der Waals surface area contributed by atoms with Crippen molar-refractivity contribution in [2.24, 2.45) is 23.7 Å². The maximum Gasteiger partial charge on any atom is 0.338 e. The summed E-state index contributed by atoms with van der Waals surface area (Å²) in [4.78, 5) is 12.4. The predicted molar refractivity (Wildman–Crippen MR) is 87.1 cm³/mol. The minimum absolute atomic E-state index is 0.220. The van der Waals surface area contributed by atoms with E-state index >= 15 is 0 Å². The van der Waals surface area contributed by atoms with E-state index in [-0.39, 0.29) is 10.5 Å². The molecule has 0 heterocycles. The second-order valence-corrected chi connectivity index (χ2v) is 9.27. The summed E-state index contributed by atoms with van der Waals surface area (Å²) >= 11 is 0. The van der Waals surface area contributed by atoms with Crippen LogP contribution in [0.1, 0.15) is 49.4 Å². The summed E-state index contributed by atoms with van der Waals surface area (Å²) in [5.74, 6) is 1.99. The van der Waals surface area contributed by atoms with E-state index in [0.717, 1.165) is 12.8 Å². The highest BCUT2D eigenvalue weighted by Gasteiger charge is 2.57. The first-order chi connectivity index (χ1) is 11.3. The lowest BCUT2D eigenvalue weighted by molar-refractivity contribution is -0.168. The first-order valence-electron chi connectivity index (χ1n) is 8.58. The Morgan fingerprint density at radius 2 is 1.71 bits per heavy atom. The summed E-state index contributed by atoms with van der Waals surface area (Å²) in [6.45, 7) is 2.21. The van der Waals surface area contributed by atoms with Crippen molar-refractivity contribution in [3.63, 3.8) is 0 Å². The Bertz CT molecular complexity index is 753. The van der Waals surface area contributed by atoms with Crippen LogP contribution in [0.5, 0.6) is 0 Å². The fourth-order valence-electron chi connectivity index (χ4n) is 5.40. The third kappa shape index (κ3) is 2.56. The van der Waals surface area contributed by atoms with Gasteiger partial charge in [-0.2, -0.15) is 8.42 Å². The number of hydrogen-bond acceptors (Lipinski definition) is 4. The van der Waals surface area contributed by atoms with Gasteiger partial charge in [0.25, 0.3) is 10.1 Å². The zero-order valence-electron chi connectivity index (χ0n) is 13.6. The van der Waals surface area contributed by atoms with Crippen LogP contribution in [-0.4, -0.2) is 24.5 Å². The van der Waals surface area contributed by atoms with E-state index in [9.17, 15) is 13.2 Å². The normalized spacial score (nSPS) is 37.4. The largest absolute Gasteiger partial charge is 0.455 e. The van der Waals surface area contributed by atoms with E-state index in [4.69, 9.17) is 9.29 Å². The summed E-state index contributed by atoms with van der Waals surface area (Å²) in [5.41, 5.74) is -0.0292. The van der Waals surface area contributed by atoms with Crippen LogP contribution in [0.25, 0.3) is 0 Å². The highest BCUT2D eigenvalue weighted by atomic mass is 32.2. The Morgan fingerprint density at radius 1 is 1.12 bits per heavy atom. The first-order valence-corrected chi connectivity index (χ1v) is 10.0. The van der Waals surface area contributed by atoms with Crippen LogP contribution in [0.15, 0.2) is 29.2 Å². The van der Waals surface area contributed by atoms with Crippen LogP contribution < -0.4 is 0 Å². The molecule has 0 aliphatic heterocycles. The van der Waals surface area contributed by atoms with Gasteiger partial charge in [-0.1, -0.05) is 6.92 Å². The van der Waals surface area contributed by atoms with Gasteiger partial charge in [0, 0.05) is 0 Å². The molecular weight excluding hydrogens is 328 g/mol. The van der Waals surface area contributed by atoms with Crippen molar-refractivity contribution >= 4 is 16.1 Å². The number of hydrogen-bond donors (Lipinski definition) is 1. The van der Waals surface area contributed by atoms with Crippen molar-refractivity contribution in [3.8, 4) is 0 Å². The molecule has 4 saturated carbocycles. The monoisotopic (exact) mass is 350 g/mol. The highest BCUT2D eigenvalue weighted by Crippen LogP contribution is 2.59. The predicted octanol–water partition coefficient (Wildman–Crippen LogP) is 3.30. The molecule has 130 valence electrons. The molecule has 24 heavy (non-hydrogen) atoms. The minimum atomic E-state index is -4.25. The van der Waals surface area contributed by atoms with Gasteiger partial charge in [-0.3, -0.25) is 4.55 Å². The molecule has 4 bridgehead atoms. The van der Waals surface area contributed by atoms with Gasteiger partial charge >= 0.3 is 5.97 Å². The van der Waals surface area contributed by atoms with E-state index < -0.39 is 16.1 Å².